The summed E-state index contributed by atoms with van der Waals surface area (Å²) in [5.41, 5.74) is 2.45. The lowest BCUT2D eigenvalue weighted by Gasteiger charge is -2.33. The zero-order chi connectivity index (χ0) is 32.2. The number of rotatable bonds is 19. The molecule has 1 N–H and O–H groups in total. The highest BCUT2D eigenvalue weighted by Crippen LogP contribution is 2.22. The van der Waals surface area contributed by atoms with Gasteiger partial charge in [0.2, 0.25) is 5.82 Å². The van der Waals surface area contributed by atoms with Crippen molar-refractivity contribution in [3.8, 4) is 11.5 Å². The number of fused-ring (bicyclic) bond motifs is 1. The summed E-state index contributed by atoms with van der Waals surface area (Å²) in [5.74, 6) is -1.72. The summed E-state index contributed by atoms with van der Waals surface area (Å²) in [7, 11) is 5.87. The Morgan fingerprint density at radius 1 is 0.932 bits per heavy atom. The molecule has 0 radical (unpaired) electrons. The van der Waals surface area contributed by atoms with Crippen LogP contribution in [0.4, 0.5) is 0 Å². The van der Waals surface area contributed by atoms with Crippen molar-refractivity contribution >= 4 is 23.0 Å². The first-order valence-electron chi connectivity index (χ1n) is 13.5. The Labute approximate surface area is 252 Å². The van der Waals surface area contributed by atoms with Crippen molar-refractivity contribution in [3.05, 3.63) is 33.6 Å². The summed E-state index contributed by atoms with van der Waals surface area (Å²) in [6, 6.07) is 3.71. The first kappa shape index (κ1) is 34.6. The van der Waals surface area contributed by atoms with Gasteiger partial charge in [-0.15, -0.1) is 5.10 Å². The molecule has 2 aromatic heterocycles. The smallest absolute Gasteiger partial charge is 0.306 e. The van der Waals surface area contributed by atoms with Gasteiger partial charge in [0.05, 0.1) is 30.4 Å². The molecule has 0 saturated carbocycles. The summed E-state index contributed by atoms with van der Waals surface area (Å²) in [4.78, 5) is 41.8. The predicted octanol–water partition coefficient (Wildman–Crippen LogP) is 0.579. The number of methoxy groups -OCH3 is 3. The molecule has 2 heterocycles. The van der Waals surface area contributed by atoms with Crippen molar-refractivity contribution in [1.82, 2.24) is 29.8 Å². The van der Waals surface area contributed by atoms with E-state index in [-0.39, 0.29) is 51.5 Å². The second-order valence-corrected chi connectivity index (χ2v) is 9.77. The number of carbonyl (C=O) groups is 2. The Bertz CT molecular complexity index is 1460. The van der Waals surface area contributed by atoms with Crippen LogP contribution in [-0.4, -0.2) is 113 Å². The Balaban J connectivity index is 2.11. The van der Waals surface area contributed by atoms with E-state index in [0.717, 1.165) is 11.1 Å². The number of esters is 1. The minimum absolute atomic E-state index is 0.0210. The van der Waals surface area contributed by atoms with E-state index >= 15 is 0 Å². The molecule has 0 bridgehead atoms. The van der Waals surface area contributed by atoms with Crippen LogP contribution in [0.2, 0.25) is 0 Å². The highest BCUT2D eigenvalue weighted by Gasteiger charge is 2.35. The Kier molecular flexibility index (Phi) is 13.2. The summed E-state index contributed by atoms with van der Waals surface area (Å²) >= 11 is 0. The number of tetrazole rings is 1. The lowest BCUT2D eigenvalue weighted by atomic mass is 10.1. The van der Waals surface area contributed by atoms with Crippen molar-refractivity contribution < 1.29 is 47.9 Å². The minimum atomic E-state index is -1.14. The van der Waals surface area contributed by atoms with Crippen molar-refractivity contribution in [2.75, 3.05) is 48.3 Å². The Morgan fingerprint density at radius 2 is 1.57 bits per heavy atom. The van der Waals surface area contributed by atoms with Gasteiger partial charge in [-0.05, 0) is 47.5 Å². The van der Waals surface area contributed by atoms with Gasteiger partial charge >= 0.3 is 11.9 Å². The molecule has 0 aliphatic rings. The zero-order valence-corrected chi connectivity index (χ0v) is 25.5. The SMILES string of the molecule is COCO[C@@H]([C@H](Cn1c(=O)c(-c2nnnn2C)nc2cc(C)c(C)cc21)OCOC)[C@@H](COC(=O)CCC(=O)O)OCOC. The van der Waals surface area contributed by atoms with E-state index in [0.29, 0.717) is 11.0 Å². The molecule has 17 nitrogen and oxygen atoms in total. The normalized spacial score (nSPS) is 13.6. The molecule has 0 unspecified atom stereocenters. The number of hydrogen-bond acceptors (Lipinski definition) is 14. The molecular weight excluding hydrogens is 584 g/mol. The van der Waals surface area contributed by atoms with Crippen LogP contribution >= 0.6 is 0 Å². The standard InChI is InChI=1S/C27H38N6O11/c1-16-9-18-19(10-17(16)2)33(27(37)24(28-18)26-29-30-31-32(26)3)11-20(42-13-38-4)25(44-15-40-6)21(43-14-39-5)12-41-23(36)8-7-22(34)35/h9-10,20-21,25H,7-8,11-15H2,1-6H3,(H,34,35)/t20-,21+,25-/m0/s1. The quantitative estimate of drug-likeness (QED) is 0.144. The third kappa shape index (κ3) is 9.07. The molecule has 17 heteroatoms. The average Bonchev–Trinajstić information content (AvgIpc) is 3.42. The van der Waals surface area contributed by atoms with E-state index in [4.69, 9.17) is 38.3 Å². The van der Waals surface area contributed by atoms with Gasteiger partial charge in [-0.25, -0.2) is 9.67 Å². The van der Waals surface area contributed by atoms with Crippen LogP contribution in [0.25, 0.3) is 22.6 Å². The van der Waals surface area contributed by atoms with Crippen molar-refractivity contribution in [3.63, 3.8) is 0 Å². The lowest BCUT2D eigenvalue weighted by Crippen LogP contribution is -2.49. The number of ether oxygens (including phenoxy) is 7. The molecule has 1 aromatic carbocycles. The van der Waals surface area contributed by atoms with Crippen LogP contribution in [0.1, 0.15) is 24.0 Å². The van der Waals surface area contributed by atoms with Crippen LogP contribution in [-0.2, 0) is 56.3 Å². The molecule has 3 rings (SSSR count). The molecule has 3 atom stereocenters. The van der Waals surface area contributed by atoms with E-state index in [1.54, 1.807) is 7.05 Å². The highest BCUT2D eigenvalue weighted by atomic mass is 16.7. The monoisotopic (exact) mass is 622 g/mol. The number of aromatic nitrogens is 6. The molecule has 0 fully saturated rings. The predicted molar refractivity (Wildman–Crippen MR) is 151 cm³/mol. The fraction of sp³-hybridized carbons (Fsp3) is 0.593. The summed E-state index contributed by atoms with van der Waals surface area (Å²) in [5, 5.41) is 20.4. The zero-order valence-electron chi connectivity index (χ0n) is 25.5. The second kappa shape index (κ2) is 16.8. The molecule has 0 aliphatic heterocycles. The van der Waals surface area contributed by atoms with Gasteiger partial charge < -0.3 is 42.8 Å². The van der Waals surface area contributed by atoms with E-state index in [2.05, 4.69) is 20.5 Å². The lowest BCUT2D eigenvalue weighted by molar-refractivity contribution is -0.219. The summed E-state index contributed by atoms with van der Waals surface area (Å²) in [6.45, 7) is 2.80. The molecule has 0 saturated heterocycles. The first-order valence-corrected chi connectivity index (χ1v) is 13.5. The third-order valence-electron chi connectivity index (χ3n) is 6.62. The fourth-order valence-corrected chi connectivity index (χ4v) is 4.29. The number of aliphatic carboxylic acids is 1. The highest BCUT2D eigenvalue weighted by molar-refractivity contribution is 5.79. The van der Waals surface area contributed by atoms with E-state index in [1.807, 2.05) is 26.0 Å². The molecule has 0 amide bonds. The van der Waals surface area contributed by atoms with Gasteiger partial charge in [0.25, 0.3) is 5.56 Å². The maximum Gasteiger partial charge on any atom is 0.306 e. The van der Waals surface area contributed by atoms with Gasteiger partial charge in [-0.1, -0.05) is 0 Å². The topological polar surface area (TPSA) is 197 Å². The minimum Gasteiger partial charge on any atom is -0.481 e. The molecule has 3 aromatic rings. The summed E-state index contributed by atoms with van der Waals surface area (Å²) < 4.78 is 41.4. The number of nitrogens with zero attached hydrogens (tertiary/aromatic N) is 6. The first-order chi connectivity index (χ1) is 21.1. The van der Waals surface area contributed by atoms with Gasteiger partial charge in [0.1, 0.15) is 45.3 Å². The number of hydrogen-bond donors (Lipinski definition) is 1. The van der Waals surface area contributed by atoms with Crippen LogP contribution in [0.15, 0.2) is 16.9 Å². The maximum atomic E-state index is 14.0. The van der Waals surface area contributed by atoms with Crippen molar-refractivity contribution in [1.29, 1.82) is 0 Å². The van der Waals surface area contributed by atoms with E-state index in [1.165, 1.54) is 30.6 Å². The van der Waals surface area contributed by atoms with Gasteiger partial charge in [0.15, 0.2) is 5.69 Å². The van der Waals surface area contributed by atoms with Crippen LogP contribution in [0.5, 0.6) is 0 Å². The molecule has 0 spiro atoms. The maximum absolute atomic E-state index is 14.0. The van der Waals surface area contributed by atoms with E-state index < -0.39 is 42.2 Å². The van der Waals surface area contributed by atoms with Gasteiger partial charge in [-0.2, -0.15) is 0 Å². The number of benzene rings is 1. The number of carbonyl (C=O) groups excluding carboxylic acids is 1. The van der Waals surface area contributed by atoms with Gasteiger partial charge in [0, 0.05) is 28.4 Å². The number of carboxylic acid groups (broad SMARTS) is 1. The second-order valence-electron chi connectivity index (χ2n) is 9.77. The number of aryl methyl sites for hydroxylation is 3. The van der Waals surface area contributed by atoms with Crippen molar-refractivity contribution in [2.24, 2.45) is 7.05 Å². The fourth-order valence-electron chi connectivity index (χ4n) is 4.29. The van der Waals surface area contributed by atoms with Crippen molar-refractivity contribution in [2.45, 2.75) is 51.5 Å². The third-order valence-corrected chi connectivity index (χ3v) is 6.62. The molecule has 44 heavy (non-hydrogen) atoms. The largest absolute Gasteiger partial charge is 0.481 e. The molecule has 0 aliphatic carbocycles. The van der Waals surface area contributed by atoms with Gasteiger partial charge in [-0.3, -0.25) is 14.4 Å². The Hall–Kier alpha value is -3.87. The number of carboxylic acids is 1. The van der Waals surface area contributed by atoms with Crippen LogP contribution < -0.4 is 5.56 Å². The van der Waals surface area contributed by atoms with Crippen LogP contribution in [0.3, 0.4) is 0 Å². The van der Waals surface area contributed by atoms with Crippen LogP contribution in [0, 0.1) is 13.8 Å². The average molecular weight is 623 g/mol. The molecule has 242 valence electrons. The van der Waals surface area contributed by atoms with E-state index in [9.17, 15) is 14.4 Å². The summed E-state index contributed by atoms with van der Waals surface area (Å²) in [6.07, 6.45) is -3.72. The Morgan fingerprint density at radius 3 is 2.18 bits per heavy atom. The molecular formula is C27H38N6O11.